The minimum atomic E-state index is -0.120. The van der Waals surface area contributed by atoms with E-state index < -0.39 is 0 Å². The van der Waals surface area contributed by atoms with E-state index in [0.29, 0.717) is 6.04 Å². The Morgan fingerprint density at radius 1 is 0.969 bits per heavy atom. The van der Waals surface area contributed by atoms with Gasteiger partial charge in [0.05, 0.1) is 20.3 Å². The molecule has 0 amide bonds. The second-order valence-corrected chi connectivity index (χ2v) is 8.77. The number of nitrogens with zero attached hydrogens (tertiary/aromatic N) is 5. The predicted molar refractivity (Wildman–Crippen MR) is 122 cm³/mol. The Bertz CT molecular complexity index is 1060. The number of hydrogen-bond donors (Lipinski definition) is 0. The van der Waals surface area contributed by atoms with E-state index in [2.05, 4.69) is 55.4 Å². The third kappa shape index (κ3) is 3.97. The highest BCUT2D eigenvalue weighted by Crippen LogP contribution is 2.40. The van der Waals surface area contributed by atoms with E-state index in [1.54, 1.807) is 14.2 Å². The fraction of sp³-hybridized carbons (Fsp3) is 0.480. The number of ether oxygens (including phenoxy) is 2. The van der Waals surface area contributed by atoms with Crippen molar-refractivity contribution in [3.05, 3.63) is 65.0 Å². The third-order valence-corrected chi connectivity index (χ3v) is 6.94. The van der Waals surface area contributed by atoms with Gasteiger partial charge in [0, 0.05) is 18.7 Å². The summed E-state index contributed by atoms with van der Waals surface area (Å²) in [5.74, 6) is 2.52. The fourth-order valence-electron chi connectivity index (χ4n) is 5.26. The molecule has 0 N–H and O–H groups in total. The molecule has 168 valence electrons. The van der Waals surface area contributed by atoms with Crippen LogP contribution in [0.5, 0.6) is 11.5 Å². The van der Waals surface area contributed by atoms with E-state index in [1.807, 2.05) is 12.1 Å². The summed E-state index contributed by atoms with van der Waals surface area (Å²) < 4.78 is 13.5. The van der Waals surface area contributed by atoms with Crippen molar-refractivity contribution >= 4 is 0 Å². The van der Waals surface area contributed by atoms with Gasteiger partial charge >= 0.3 is 0 Å². The molecule has 1 fully saturated rings. The number of hydrogen-bond acceptors (Lipinski definition) is 6. The zero-order chi connectivity index (χ0) is 21.9. The van der Waals surface area contributed by atoms with E-state index in [1.165, 1.54) is 30.4 Å². The van der Waals surface area contributed by atoms with Gasteiger partial charge in [0.1, 0.15) is 17.5 Å². The van der Waals surface area contributed by atoms with Crippen LogP contribution >= 0.6 is 0 Å². The van der Waals surface area contributed by atoms with Crippen LogP contribution in [0.2, 0.25) is 0 Å². The first-order valence-electron chi connectivity index (χ1n) is 11.6. The molecule has 1 aliphatic carbocycles. The summed E-state index contributed by atoms with van der Waals surface area (Å²) in [4.78, 5) is 2.48. The summed E-state index contributed by atoms with van der Waals surface area (Å²) in [5.41, 5.74) is 3.83. The van der Waals surface area contributed by atoms with Crippen molar-refractivity contribution in [2.75, 3.05) is 20.8 Å². The standard InChI is InChI=1S/C25H31N5O2/c1-31-21-12-13-23(32-2)22(16-21)24(29-15-14-18-8-6-7-9-19(18)17-29)25-26-27-28-30(25)20-10-4-3-5-11-20/h6-9,12-13,16,20,24H,3-5,10-11,14-15,17H2,1-2H3. The van der Waals surface area contributed by atoms with Crippen molar-refractivity contribution < 1.29 is 9.47 Å². The van der Waals surface area contributed by atoms with Crippen LogP contribution in [-0.2, 0) is 13.0 Å². The van der Waals surface area contributed by atoms with E-state index in [-0.39, 0.29) is 6.04 Å². The molecule has 7 heteroatoms. The normalized spacial score (nSPS) is 18.2. The Labute approximate surface area is 189 Å². The Balaban J connectivity index is 1.61. The van der Waals surface area contributed by atoms with Crippen LogP contribution in [0.3, 0.4) is 0 Å². The lowest BCUT2D eigenvalue weighted by Crippen LogP contribution is -2.37. The van der Waals surface area contributed by atoms with Gasteiger partial charge in [0.25, 0.3) is 0 Å². The summed E-state index contributed by atoms with van der Waals surface area (Å²) in [5, 5.41) is 13.2. The average molecular weight is 434 g/mol. The summed E-state index contributed by atoms with van der Waals surface area (Å²) in [7, 11) is 3.42. The molecule has 7 nitrogen and oxygen atoms in total. The maximum atomic E-state index is 5.81. The van der Waals surface area contributed by atoms with Gasteiger partial charge in [-0.3, -0.25) is 4.90 Å². The number of benzene rings is 2. The topological polar surface area (TPSA) is 65.3 Å². The summed E-state index contributed by atoms with van der Waals surface area (Å²) in [6.45, 7) is 1.78. The first-order chi connectivity index (χ1) is 15.8. The Morgan fingerprint density at radius 3 is 2.56 bits per heavy atom. The van der Waals surface area contributed by atoms with Crippen molar-refractivity contribution in [1.82, 2.24) is 25.1 Å². The van der Waals surface area contributed by atoms with Crippen molar-refractivity contribution in [2.45, 2.75) is 57.2 Å². The second-order valence-electron chi connectivity index (χ2n) is 8.77. The first kappa shape index (κ1) is 20.9. The van der Waals surface area contributed by atoms with E-state index in [9.17, 15) is 0 Å². The molecule has 0 saturated heterocycles. The molecule has 2 aliphatic rings. The Kier molecular flexibility index (Phi) is 6.08. The van der Waals surface area contributed by atoms with Gasteiger partial charge in [0.15, 0.2) is 5.82 Å². The predicted octanol–water partition coefficient (Wildman–Crippen LogP) is 4.34. The number of rotatable bonds is 6. The van der Waals surface area contributed by atoms with Crippen molar-refractivity contribution in [1.29, 1.82) is 0 Å². The maximum Gasteiger partial charge on any atom is 0.173 e. The van der Waals surface area contributed by atoms with Gasteiger partial charge in [-0.25, -0.2) is 4.68 Å². The highest BCUT2D eigenvalue weighted by molar-refractivity contribution is 5.45. The lowest BCUT2D eigenvalue weighted by molar-refractivity contribution is 0.184. The van der Waals surface area contributed by atoms with E-state index in [4.69, 9.17) is 9.47 Å². The van der Waals surface area contributed by atoms with E-state index >= 15 is 0 Å². The van der Waals surface area contributed by atoms with Crippen LogP contribution in [0.25, 0.3) is 0 Å². The molecule has 1 unspecified atom stereocenters. The molecule has 0 bridgehead atoms. The van der Waals surface area contributed by atoms with Crippen molar-refractivity contribution in [2.24, 2.45) is 0 Å². The molecule has 3 aromatic rings. The van der Waals surface area contributed by atoms with Gasteiger partial charge in [-0.15, -0.1) is 5.10 Å². The summed E-state index contributed by atoms with van der Waals surface area (Å²) >= 11 is 0. The highest BCUT2D eigenvalue weighted by atomic mass is 16.5. The molecule has 1 aromatic heterocycles. The van der Waals surface area contributed by atoms with E-state index in [0.717, 1.165) is 55.2 Å². The smallest absolute Gasteiger partial charge is 0.173 e. The molecule has 2 aromatic carbocycles. The third-order valence-electron chi connectivity index (χ3n) is 6.94. The highest BCUT2D eigenvalue weighted by Gasteiger charge is 2.34. The number of aromatic nitrogens is 4. The first-order valence-corrected chi connectivity index (χ1v) is 11.6. The Hall–Kier alpha value is -2.93. The van der Waals surface area contributed by atoms with Crippen LogP contribution in [0, 0.1) is 0 Å². The molecule has 32 heavy (non-hydrogen) atoms. The van der Waals surface area contributed by atoms with Crippen LogP contribution in [0.4, 0.5) is 0 Å². The van der Waals surface area contributed by atoms with Crippen LogP contribution < -0.4 is 9.47 Å². The van der Waals surface area contributed by atoms with Crippen LogP contribution in [0.1, 0.15) is 66.7 Å². The van der Waals surface area contributed by atoms with Gasteiger partial charge in [-0.1, -0.05) is 43.5 Å². The number of methoxy groups -OCH3 is 2. The van der Waals surface area contributed by atoms with Crippen LogP contribution in [0.15, 0.2) is 42.5 Å². The quantitative estimate of drug-likeness (QED) is 0.576. The van der Waals surface area contributed by atoms with Gasteiger partial charge in [0.2, 0.25) is 0 Å². The molecule has 0 radical (unpaired) electrons. The molecule has 1 atom stereocenters. The van der Waals surface area contributed by atoms with Gasteiger partial charge in [-0.05, 0) is 59.0 Å². The number of fused-ring (bicyclic) bond motifs is 1. The summed E-state index contributed by atoms with van der Waals surface area (Å²) in [6.07, 6.45) is 7.02. The van der Waals surface area contributed by atoms with Crippen molar-refractivity contribution in [3.63, 3.8) is 0 Å². The van der Waals surface area contributed by atoms with Crippen molar-refractivity contribution in [3.8, 4) is 11.5 Å². The molecule has 1 aliphatic heterocycles. The zero-order valence-corrected chi connectivity index (χ0v) is 18.9. The lowest BCUT2D eigenvalue weighted by Gasteiger charge is -2.36. The van der Waals surface area contributed by atoms with Gasteiger partial charge in [-0.2, -0.15) is 0 Å². The maximum absolute atomic E-state index is 5.81. The fourth-order valence-corrected chi connectivity index (χ4v) is 5.26. The minimum absolute atomic E-state index is 0.120. The molecule has 5 rings (SSSR count). The lowest BCUT2D eigenvalue weighted by atomic mass is 9.93. The molecular formula is C25H31N5O2. The van der Waals surface area contributed by atoms with Crippen LogP contribution in [-0.4, -0.2) is 45.9 Å². The molecule has 2 heterocycles. The molecule has 1 saturated carbocycles. The monoisotopic (exact) mass is 433 g/mol. The second kappa shape index (κ2) is 9.28. The molecule has 0 spiro atoms. The minimum Gasteiger partial charge on any atom is -0.497 e. The average Bonchev–Trinajstić information content (AvgIpc) is 3.34. The zero-order valence-electron chi connectivity index (χ0n) is 18.9. The largest absolute Gasteiger partial charge is 0.497 e. The Morgan fingerprint density at radius 2 is 1.78 bits per heavy atom. The summed E-state index contributed by atoms with van der Waals surface area (Å²) in [6, 6.07) is 14.9. The SMILES string of the molecule is COc1ccc(OC)c(C(c2nnnn2C2CCCCC2)N2CCc3ccccc3C2)c1. The van der Waals surface area contributed by atoms with Gasteiger partial charge < -0.3 is 9.47 Å². The molecular weight excluding hydrogens is 402 g/mol. The number of tetrazole rings is 1.